The maximum atomic E-state index is 4.29. The summed E-state index contributed by atoms with van der Waals surface area (Å²) in [6.45, 7) is 13.0. The summed E-state index contributed by atoms with van der Waals surface area (Å²) in [6.07, 6.45) is 3.77. The number of likely N-dealkylation sites (N-methyl/N-ethyl adjacent to an activating group) is 1. The van der Waals surface area contributed by atoms with Crippen molar-refractivity contribution in [3.63, 3.8) is 0 Å². The summed E-state index contributed by atoms with van der Waals surface area (Å²) in [7, 11) is 1.86. The van der Waals surface area contributed by atoms with Gasteiger partial charge in [0.15, 0.2) is 5.96 Å². The Balaban J connectivity index is 0.00000242. The predicted molar refractivity (Wildman–Crippen MR) is 105 cm³/mol. The zero-order chi connectivity index (χ0) is 15.1. The number of nitrogens with one attached hydrogen (secondary N) is 2. The number of nitrogens with zero attached hydrogens (tertiary/aromatic N) is 3. The van der Waals surface area contributed by atoms with Gasteiger partial charge < -0.3 is 20.4 Å². The van der Waals surface area contributed by atoms with Gasteiger partial charge in [-0.1, -0.05) is 13.8 Å². The van der Waals surface area contributed by atoms with Crippen molar-refractivity contribution in [1.29, 1.82) is 0 Å². The topological polar surface area (TPSA) is 42.9 Å². The van der Waals surface area contributed by atoms with E-state index in [1.165, 1.54) is 58.5 Å². The minimum Gasteiger partial charge on any atom is -0.356 e. The molecular formula is C16H34IN5. The molecule has 0 amide bonds. The molecule has 6 heteroatoms. The van der Waals surface area contributed by atoms with E-state index in [9.17, 15) is 0 Å². The first kappa shape index (κ1) is 20.0. The van der Waals surface area contributed by atoms with Crippen LogP contribution in [-0.4, -0.2) is 74.7 Å². The van der Waals surface area contributed by atoms with E-state index in [4.69, 9.17) is 0 Å². The molecular weight excluding hydrogens is 389 g/mol. The second kappa shape index (κ2) is 10.6. The van der Waals surface area contributed by atoms with Crippen LogP contribution in [0.5, 0.6) is 0 Å². The number of rotatable bonds is 7. The average Bonchev–Trinajstić information content (AvgIpc) is 3.21. The number of unbranched alkanes of at least 4 members (excludes halogenated alkanes) is 1. The molecule has 0 bridgehead atoms. The van der Waals surface area contributed by atoms with Crippen LogP contribution in [-0.2, 0) is 0 Å². The Hall–Kier alpha value is -0.0800. The third-order valence-corrected chi connectivity index (χ3v) is 4.76. The molecule has 2 N–H and O–H groups in total. The number of piperazine rings is 1. The van der Waals surface area contributed by atoms with Crippen LogP contribution in [0.25, 0.3) is 0 Å². The second-order valence-electron chi connectivity index (χ2n) is 6.45. The quantitative estimate of drug-likeness (QED) is 0.283. The van der Waals surface area contributed by atoms with Crippen molar-refractivity contribution >= 4 is 29.9 Å². The van der Waals surface area contributed by atoms with Gasteiger partial charge in [-0.05, 0) is 38.3 Å². The monoisotopic (exact) mass is 423 g/mol. The van der Waals surface area contributed by atoms with Gasteiger partial charge in [0, 0.05) is 45.8 Å². The van der Waals surface area contributed by atoms with Crippen LogP contribution >= 0.6 is 24.0 Å². The fourth-order valence-electron chi connectivity index (χ4n) is 2.89. The van der Waals surface area contributed by atoms with Gasteiger partial charge in [0.1, 0.15) is 0 Å². The molecule has 1 heterocycles. The molecule has 0 aromatic rings. The van der Waals surface area contributed by atoms with E-state index >= 15 is 0 Å². The Kier molecular flexibility index (Phi) is 9.66. The van der Waals surface area contributed by atoms with E-state index in [0.29, 0.717) is 6.04 Å². The highest BCUT2D eigenvalue weighted by molar-refractivity contribution is 14.0. The number of hydrogen-bond acceptors (Lipinski definition) is 3. The Morgan fingerprint density at radius 3 is 2.32 bits per heavy atom. The molecule has 0 aromatic heterocycles. The summed E-state index contributed by atoms with van der Waals surface area (Å²) in [6, 6.07) is 0.645. The maximum Gasteiger partial charge on any atom is 0.191 e. The van der Waals surface area contributed by atoms with Gasteiger partial charge in [-0.25, -0.2) is 0 Å². The highest BCUT2D eigenvalue weighted by Crippen LogP contribution is 2.28. The Labute approximate surface area is 153 Å². The number of guanidine groups is 1. The SMILES string of the molecule is CCN1CCN(CCCCNC(=NC)NC2CC2C)CC1.I. The highest BCUT2D eigenvalue weighted by atomic mass is 127. The molecule has 130 valence electrons. The molecule has 2 fully saturated rings. The van der Waals surface area contributed by atoms with Crippen LogP contribution in [0.4, 0.5) is 0 Å². The fraction of sp³-hybridized carbons (Fsp3) is 0.938. The van der Waals surface area contributed by atoms with E-state index in [0.717, 1.165) is 18.4 Å². The standard InChI is InChI=1S/C16H33N5.HI/c1-4-20-9-11-21(12-10-20)8-6-5-7-18-16(17-3)19-15-13-14(15)2;/h14-15H,4-13H2,1-3H3,(H2,17,18,19);1H. The third kappa shape index (κ3) is 7.00. The third-order valence-electron chi connectivity index (χ3n) is 4.76. The molecule has 2 aliphatic rings. The zero-order valence-corrected chi connectivity index (χ0v) is 16.8. The first-order valence-electron chi connectivity index (χ1n) is 8.64. The van der Waals surface area contributed by atoms with Gasteiger partial charge >= 0.3 is 0 Å². The highest BCUT2D eigenvalue weighted by Gasteiger charge is 2.33. The smallest absolute Gasteiger partial charge is 0.191 e. The van der Waals surface area contributed by atoms with Crippen LogP contribution in [0, 0.1) is 5.92 Å². The molecule has 2 unspecified atom stereocenters. The van der Waals surface area contributed by atoms with Crippen molar-refractivity contribution < 1.29 is 0 Å². The van der Waals surface area contributed by atoms with Gasteiger partial charge in [0.25, 0.3) is 0 Å². The lowest BCUT2D eigenvalue weighted by atomic mass is 10.2. The van der Waals surface area contributed by atoms with E-state index < -0.39 is 0 Å². The van der Waals surface area contributed by atoms with Gasteiger partial charge in [0.2, 0.25) is 0 Å². The Morgan fingerprint density at radius 2 is 1.77 bits per heavy atom. The van der Waals surface area contributed by atoms with Crippen LogP contribution < -0.4 is 10.6 Å². The molecule has 1 aliphatic heterocycles. The molecule has 1 aliphatic carbocycles. The van der Waals surface area contributed by atoms with E-state index in [1.54, 1.807) is 0 Å². The number of hydrogen-bond donors (Lipinski definition) is 2. The summed E-state index contributed by atoms with van der Waals surface area (Å²) in [5.41, 5.74) is 0. The Bertz CT molecular complexity index is 328. The lowest BCUT2D eigenvalue weighted by Crippen LogP contribution is -2.46. The molecule has 1 saturated heterocycles. The van der Waals surface area contributed by atoms with Crippen molar-refractivity contribution in [1.82, 2.24) is 20.4 Å². The second-order valence-corrected chi connectivity index (χ2v) is 6.45. The minimum absolute atomic E-state index is 0. The summed E-state index contributed by atoms with van der Waals surface area (Å²) in [5.74, 6) is 1.78. The van der Waals surface area contributed by atoms with Crippen molar-refractivity contribution in [2.24, 2.45) is 10.9 Å². The van der Waals surface area contributed by atoms with Gasteiger partial charge in [0.05, 0.1) is 0 Å². The summed E-state index contributed by atoms with van der Waals surface area (Å²) in [5, 5.41) is 6.89. The summed E-state index contributed by atoms with van der Waals surface area (Å²) < 4.78 is 0. The van der Waals surface area contributed by atoms with Gasteiger partial charge in [-0.15, -0.1) is 24.0 Å². The lowest BCUT2D eigenvalue weighted by molar-refractivity contribution is 0.136. The van der Waals surface area contributed by atoms with Crippen LogP contribution in [0.2, 0.25) is 0 Å². The van der Waals surface area contributed by atoms with Crippen molar-refractivity contribution in [3.05, 3.63) is 0 Å². The fourth-order valence-corrected chi connectivity index (χ4v) is 2.89. The summed E-state index contributed by atoms with van der Waals surface area (Å²) in [4.78, 5) is 9.42. The first-order valence-corrected chi connectivity index (χ1v) is 8.64. The molecule has 0 spiro atoms. The number of halogens is 1. The molecule has 22 heavy (non-hydrogen) atoms. The molecule has 5 nitrogen and oxygen atoms in total. The van der Waals surface area contributed by atoms with Crippen molar-refractivity contribution in [2.75, 3.05) is 52.9 Å². The van der Waals surface area contributed by atoms with Crippen molar-refractivity contribution in [2.45, 2.75) is 39.2 Å². The normalized spacial score (nSPS) is 26.4. The average molecular weight is 423 g/mol. The molecule has 1 saturated carbocycles. The molecule has 2 atom stereocenters. The lowest BCUT2D eigenvalue weighted by Gasteiger charge is -2.34. The largest absolute Gasteiger partial charge is 0.356 e. The van der Waals surface area contributed by atoms with Crippen LogP contribution in [0.1, 0.15) is 33.1 Å². The molecule has 2 rings (SSSR count). The zero-order valence-electron chi connectivity index (χ0n) is 14.5. The van der Waals surface area contributed by atoms with E-state index in [2.05, 4.69) is 39.3 Å². The maximum absolute atomic E-state index is 4.29. The molecule has 0 aromatic carbocycles. The molecule has 0 radical (unpaired) electrons. The first-order chi connectivity index (χ1) is 10.2. The predicted octanol–water partition coefficient (Wildman–Crippen LogP) is 1.60. The summed E-state index contributed by atoms with van der Waals surface area (Å²) >= 11 is 0. The van der Waals surface area contributed by atoms with Crippen LogP contribution in [0.3, 0.4) is 0 Å². The Morgan fingerprint density at radius 1 is 1.14 bits per heavy atom. The van der Waals surface area contributed by atoms with E-state index in [-0.39, 0.29) is 24.0 Å². The van der Waals surface area contributed by atoms with Gasteiger partial charge in [-0.3, -0.25) is 4.99 Å². The minimum atomic E-state index is 0. The number of aliphatic imine (C=N–C) groups is 1. The van der Waals surface area contributed by atoms with Crippen LogP contribution in [0.15, 0.2) is 4.99 Å². The van der Waals surface area contributed by atoms with E-state index in [1.807, 2.05) is 7.05 Å². The van der Waals surface area contributed by atoms with Crippen molar-refractivity contribution in [3.8, 4) is 0 Å². The van der Waals surface area contributed by atoms with Gasteiger partial charge in [-0.2, -0.15) is 0 Å².